The third-order valence-electron chi connectivity index (χ3n) is 2.62. The number of hydrogen-bond donors (Lipinski definition) is 2. The summed E-state index contributed by atoms with van der Waals surface area (Å²) in [5.41, 5.74) is 2.36. The van der Waals surface area contributed by atoms with Crippen LogP contribution in [-0.4, -0.2) is 15.1 Å². The maximum atomic E-state index is 9.84. The van der Waals surface area contributed by atoms with Gasteiger partial charge in [0.15, 0.2) is 5.13 Å². The summed E-state index contributed by atoms with van der Waals surface area (Å²) in [6.45, 7) is 1.90. The van der Waals surface area contributed by atoms with Gasteiger partial charge in [0.1, 0.15) is 11.3 Å². The molecule has 18 heavy (non-hydrogen) atoms. The molecule has 3 aromatic rings. The Labute approximate surface area is 108 Å². The highest BCUT2D eigenvalue weighted by Gasteiger charge is 2.08. The van der Waals surface area contributed by atoms with Crippen LogP contribution >= 0.6 is 11.3 Å². The number of phenolic OH excluding ortho intramolecular Hbond substituents is 1. The second-order valence-corrected chi connectivity index (χ2v) is 4.84. The predicted molar refractivity (Wildman–Crippen MR) is 73.5 cm³/mol. The predicted octanol–water partition coefficient (Wildman–Crippen LogP) is 3.45. The van der Waals surface area contributed by atoms with Crippen LogP contribution in [0, 0.1) is 6.92 Å². The fourth-order valence-corrected chi connectivity index (χ4v) is 2.41. The number of rotatable bonds is 2. The normalized spacial score (nSPS) is 10.7. The summed E-state index contributed by atoms with van der Waals surface area (Å²) in [7, 11) is 0. The van der Waals surface area contributed by atoms with Crippen LogP contribution in [0.15, 0.2) is 35.8 Å². The zero-order valence-electron chi connectivity index (χ0n) is 9.71. The number of phenols is 1. The average molecular weight is 257 g/mol. The standard InChI is InChI=1S/C13H11N3OS/c1-8-7-10(16-13-14-5-6-18-13)9-3-2-4-11(17)12(9)15-8/h2-7,17H,1H3,(H,14,15,16). The van der Waals surface area contributed by atoms with Gasteiger partial charge in [0.05, 0.1) is 5.69 Å². The quantitative estimate of drug-likeness (QED) is 0.738. The van der Waals surface area contributed by atoms with Crippen LogP contribution in [0.1, 0.15) is 5.69 Å². The number of aromatic hydroxyl groups is 1. The van der Waals surface area contributed by atoms with Crippen LogP contribution in [-0.2, 0) is 0 Å². The van der Waals surface area contributed by atoms with Gasteiger partial charge in [-0.2, -0.15) is 0 Å². The molecule has 0 fully saturated rings. The average Bonchev–Trinajstić information content (AvgIpc) is 2.83. The summed E-state index contributed by atoms with van der Waals surface area (Å²) >= 11 is 1.53. The van der Waals surface area contributed by atoms with Crippen molar-refractivity contribution in [2.45, 2.75) is 6.92 Å². The fourth-order valence-electron chi connectivity index (χ4n) is 1.87. The van der Waals surface area contributed by atoms with E-state index in [0.29, 0.717) is 5.52 Å². The van der Waals surface area contributed by atoms with E-state index in [1.165, 1.54) is 11.3 Å². The van der Waals surface area contributed by atoms with Crippen LogP contribution in [0.5, 0.6) is 5.75 Å². The summed E-state index contributed by atoms with van der Waals surface area (Å²) in [5, 5.41) is 16.7. The minimum absolute atomic E-state index is 0.193. The maximum Gasteiger partial charge on any atom is 0.187 e. The SMILES string of the molecule is Cc1cc(Nc2nccs2)c2cccc(O)c2n1. The summed E-state index contributed by atoms with van der Waals surface area (Å²) in [4.78, 5) is 8.55. The Hall–Kier alpha value is -2.14. The number of fused-ring (bicyclic) bond motifs is 1. The first-order chi connectivity index (χ1) is 8.74. The summed E-state index contributed by atoms with van der Waals surface area (Å²) < 4.78 is 0. The summed E-state index contributed by atoms with van der Waals surface area (Å²) in [5.74, 6) is 0.193. The van der Waals surface area contributed by atoms with Crippen LogP contribution in [0.25, 0.3) is 10.9 Å². The van der Waals surface area contributed by atoms with E-state index in [1.807, 2.05) is 30.5 Å². The molecule has 0 spiro atoms. The van der Waals surface area contributed by atoms with Gasteiger partial charge in [-0.3, -0.25) is 0 Å². The van der Waals surface area contributed by atoms with Gasteiger partial charge in [0.2, 0.25) is 0 Å². The number of anilines is 2. The maximum absolute atomic E-state index is 9.84. The molecule has 3 rings (SSSR count). The zero-order chi connectivity index (χ0) is 12.5. The number of aryl methyl sites for hydroxylation is 1. The van der Waals surface area contributed by atoms with E-state index in [-0.39, 0.29) is 5.75 Å². The molecule has 0 saturated carbocycles. The third kappa shape index (κ3) is 1.89. The molecule has 5 heteroatoms. The van der Waals surface area contributed by atoms with E-state index < -0.39 is 0 Å². The lowest BCUT2D eigenvalue weighted by molar-refractivity contribution is 0.480. The van der Waals surface area contributed by atoms with Crippen molar-refractivity contribution in [1.82, 2.24) is 9.97 Å². The molecule has 0 atom stereocenters. The Balaban J connectivity index is 2.19. The second-order valence-electron chi connectivity index (χ2n) is 3.95. The van der Waals surface area contributed by atoms with E-state index in [9.17, 15) is 5.11 Å². The highest BCUT2D eigenvalue weighted by atomic mass is 32.1. The summed E-state index contributed by atoms with van der Waals surface area (Å²) in [6.07, 6.45) is 1.75. The molecule has 0 aliphatic heterocycles. The van der Waals surface area contributed by atoms with E-state index in [1.54, 1.807) is 12.3 Å². The van der Waals surface area contributed by atoms with Crippen molar-refractivity contribution in [3.05, 3.63) is 41.5 Å². The molecule has 90 valence electrons. The molecular formula is C13H11N3OS. The smallest absolute Gasteiger partial charge is 0.187 e. The molecule has 4 nitrogen and oxygen atoms in total. The van der Waals surface area contributed by atoms with E-state index in [4.69, 9.17) is 0 Å². The van der Waals surface area contributed by atoms with Gasteiger partial charge >= 0.3 is 0 Å². The van der Waals surface area contributed by atoms with Crippen molar-refractivity contribution in [3.8, 4) is 5.75 Å². The number of nitrogens with one attached hydrogen (secondary N) is 1. The van der Waals surface area contributed by atoms with Crippen LogP contribution < -0.4 is 5.32 Å². The van der Waals surface area contributed by atoms with Gasteiger partial charge in [-0.05, 0) is 19.1 Å². The van der Waals surface area contributed by atoms with Gasteiger partial charge < -0.3 is 10.4 Å². The van der Waals surface area contributed by atoms with Crippen molar-refractivity contribution in [2.75, 3.05) is 5.32 Å². The number of thiazole rings is 1. The van der Waals surface area contributed by atoms with Crippen molar-refractivity contribution in [3.63, 3.8) is 0 Å². The van der Waals surface area contributed by atoms with Gasteiger partial charge in [-0.25, -0.2) is 9.97 Å². The Morgan fingerprint density at radius 1 is 1.33 bits per heavy atom. The Bertz CT molecular complexity index is 695. The molecule has 0 amide bonds. The number of para-hydroxylation sites is 1. The molecule has 0 aliphatic rings. The fraction of sp³-hybridized carbons (Fsp3) is 0.0769. The second kappa shape index (κ2) is 4.27. The largest absolute Gasteiger partial charge is 0.506 e. The number of benzene rings is 1. The minimum atomic E-state index is 0.193. The molecule has 2 aromatic heterocycles. The van der Waals surface area contributed by atoms with Gasteiger partial charge in [-0.15, -0.1) is 11.3 Å². The van der Waals surface area contributed by atoms with Crippen LogP contribution in [0.3, 0.4) is 0 Å². The topological polar surface area (TPSA) is 58.0 Å². The molecule has 0 aliphatic carbocycles. The van der Waals surface area contributed by atoms with E-state index >= 15 is 0 Å². The van der Waals surface area contributed by atoms with Gasteiger partial charge in [0, 0.05) is 22.7 Å². The first-order valence-corrected chi connectivity index (χ1v) is 6.38. The Kier molecular flexibility index (Phi) is 2.60. The highest BCUT2D eigenvalue weighted by Crippen LogP contribution is 2.31. The number of pyridine rings is 1. The molecule has 2 N–H and O–H groups in total. The lowest BCUT2D eigenvalue weighted by Gasteiger charge is -2.09. The minimum Gasteiger partial charge on any atom is -0.506 e. The molecule has 1 aromatic carbocycles. The molecule has 0 radical (unpaired) electrons. The number of nitrogens with zero attached hydrogens (tertiary/aromatic N) is 2. The van der Waals surface area contributed by atoms with Gasteiger partial charge in [-0.1, -0.05) is 12.1 Å². The molecule has 0 saturated heterocycles. The number of aromatic nitrogens is 2. The zero-order valence-corrected chi connectivity index (χ0v) is 10.5. The molecule has 0 bridgehead atoms. The number of hydrogen-bond acceptors (Lipinski definition) is 5. The first-order valence-electron chi connectivity index (χ1n) is 5.50. The third-order valence-corrected chi connectivity index (χ3v) is 3.31. The van der Waals surface area contributed by atoms with Crippen LogP contribution in [0.2, 0.25) is 0 Å². The lowest BCUT2D eigenvalue weighted by Crippen LogP contribution is -1.94. The highest BCUT2D eigenvalue weighted by molar-refractivity contribution is 7.13. The Morgan fingerprint density at radius 2 is 2.22 bits per heavy atom. The van der Waals surface area contributed by atoms with Crippen molar-refractivity contribution in [2.24, 2.45) is 0 Å². The summed E-state index contributed by atoms with van der Waals surface area (Å²) in [6, 6.07) is 7.32. The molecule has 2 heterocycles. The van der Waals surface area contributed by atoms with Crippen molar-refractivity contribution >= 4 is 33.1 Å². The van der Waals surface area contributed by atoms with Crippen molar-refractivity contribution in [1.29, 1.82) is 0 Å². The van der Waals surface area contributed by atoms with Crippen molar-refractivity contribution < 1.29 is 5.11 Å². The van der Waals surface area contributed by atoms with Gasteiger partial charge in [0.25, 0.3) is 0 Å². The lowest BCUT2D eigenvalue weighted by atomic mass is 10.1. The first kappa shape index (κ1) is 11.0. The Morgan fingerprint density at radius 3 is 3.00 bits per heavy atom. The van der Waals surface area contributed by atoms with E-state index in [2.05, 4.69) is 15.3 Å². The molecular weight excluding hydrogens is 246 g/mol. The van der Waals surface area contributed by atoms with Crippen LogP contribution in [0.4, 0.5) is 10.8 Å². The monoisotopic (exact) mass is 257 g/mol. The van der Waals surface area contributed by atoms with E-state index in [0.717, 1.165) is 21.9 Å². The molecule has 0 unspecified atom stereocenters.